The van der Waals surface area contributed by atoms with Gasteiger partial charge < -0.3 is 0 Å². The first-order valence-electron chi connectivity index (χ1n) is 6.08. The molecule has 0 amide bonds. The quantitative estimate of drug-likeness (QED) is 0.726. The smallest absolute Gasteiger partial charge is 0.109 e. The summed E-state index contributed by atoms with van der Waals surface area (Å²) in [5.41, 5.74) is 3.73. The number of nitrogens with zero attached hydrogens (tertiary/aromatic N) is 2. The first-order valence-corrected chi connectivity index (χ1v) is 8.50. The van der Waals surface area contributed by atoms with Crippen LogP contribution >= 0.6 is 34.8 Å². The van der Waals surface area contributed by atoms with E-state index in [-0.39, 0.29) is 0 Å². The van der Waals surface area contributed by atoms with E-state index in [4.69, 9.17) is 0 Å². The van der Waals surface area contributed by atoms with Crippen molar-refractivity contribution in [1.29, 1.82) is 0 Å². The molecule has 1 aliphatic heterocycles. The topological polar surface area (TPSA) is 25.8 Å². The molecule has 2 aliphatic carbocycles. The summed E-state index contributed by atoms with van der Waals surface area (Å²) in [5, 5.41) is 2.21. The maximum Gasteiger partial charge on any atom is 0.109 e. The van der Waals surface area contributed by atoms with Crippen LogP contribution in [0.1, 0.15) is 29.8 Å². The van der Waals surface area contributed by atoms with Crippen LogP contribution < -0.4 is 0 Å². The second kappa shape index (κ2) is 3.08. The minimum atomic E-state index is 0.354. The van der Waals surface area contributed by atoms with Gasteiger partial charge in [-0.3, -0.25) is 0 Å². The maximum absolute atomic E-state index is 4.61. The van der Waals surface area contributed by atoms with Gasteiger partial charge in [-0.25, -0.2) is 0 Å². The Morgan fingerprint density at radius 3 is 3.28 bits per heavy atom. The van der Waals surface area contributed by atoms with E-state index in [1.54, 1.807) is 4.88 Å². The monoisotopic (exact) mass is 290 g/mol. The molecule has 5 rings (SSSR count). The molecule has 0 aromatic carbocycles. The van der Waals surface area contributed by atoms with Crippen LogP contribution in [0.25, 0.3) is 11.3 Å². The highest BCUT2D eigenvalue weighted by Crippen LogP contribution is 2.74. The summed E-state index contributed by atoms with van der Waals surface area (Å²) in [6.07, 6.45) is 3.72. The van der Waals surface area contributed by atoms with E-state index < -0.39 is 0 Å². The summed E-state index contributed by atoms with van der Waals surface area (Å²) in [5.74, 6) is 1.24. The van der Waals surface area contributed by atoms with Gasteiger partial charge in [0.1, 0.15) is 5.69 Å². The minimum absolute atomic E-state index is 0.354. The summed E-state index contributed by atoms with van der Waals surface area (Å²) >= 11 is 5.34. The number of hydrogen-bond donors (Lipinski definition) is 0. The van der Waals surface area contributed by atoms with Crippen LogP contribution in [-0.2, 0) is 4.75 Å². The molecule has 1 fully saturated rings. The van der Waals surface area contributed by atoms with Crippen molar-refractivity contribution in [3.05, 3.63) is 33.0 Å². The maximum atomic E-state index is 4.61. The molecule has 0 N–H and O–H groups in total. The summed E-state index contributed by atoms with van der Waals surface area (Å²) in [7, 11) is 0. The Bertz CT molecular complexity index is 699. The normalized spacial score (nSPS) is 35.1. The van der Waals surface area contributed by atoms with E-state index in [0.717, 1.165) is 11.6 Å². The van der Waals surface area contributed by atoms with Gasteiger partial charge in [-0.2, -0.15) is 8.75 Å². The lowest BCUT2D eigenvalue weighted by Gasteiger charge is -2.23. The summed E-state index contributed by atoms with van der Waals surface area (Å²) in [6, 6.07) is 2.24. The van der Waals surface area contributed by atoms with Crippen molar-refractivity contribution in [2.24, 2.45) is 5.92 Å². The van der Waals surface area contributed by atoms with Crippen LogP contribution in [0.5, 0.6) is 0 Å². The van der Waals surface area contributed by atoms with Crippen molar-refractivity contribution in [1.82, 2.24) is 8.75 Å². The van der Waals surface area contributed by atoms with Gasteiger partial charge in [-0.1, -0.05) is 6.08 Å². The highest BCUT2D eigenvalue weighted by molar-refractivity contribution is 8.04. The Hall–Kier alpha value is -0.650. The molecule has 3 atom stereocenters. The van der Waals surface area contributed by atoms with Gasteiger partial charge in [-0.15, -0.1) is 23.1 Å². The summed E-state index contributed by atoms with van der Waals surface area (Å²) in [6.45, 7) is 2.24. The summed E-state index contributed by atoms with van der Waals surface area (Å²) in [4.78, 5) is 3.00. The Balaban J connectivity index is 1.90. The number of thiophene rings is 1. The van der Waals surface area contributed by atoms with E-state index in [2.05, 4.69) is 45.0 Å². The molecule has 2 aromatic heterocycles. The molecule has 18 heavy (non-hydrogen) atoms. The largest absolute Gasteiger partial charge is 0.177 e. The lowest BCUT2D eigenvalue weighted by molar-refractivity contribution is 0.675. The lowest BCUT2D eigenvalue weighted by atomic mass is 9.97. The predicted octanol–water partition coefficient (Wildman–Crippen LogP) is 4.23. The number of rotatable bonds is 0. The Kier molecular flexibility index (Phi) is 1.74. The van der Waals surface area contributed by atoms with Gasteiger partial charge in [-0.05, 0) is 35.6 Å². The van der Waals surface area contributed by atoms with Gasteiger partial charge in [0.25, 0.3) is 0 Å². The van der Waals surface area contributed by atoms with Crippen LogP contribution in [-0.4, -0.2) is 8.75 Å². The number of aromatic nitrogens is 2. The van der Waals surface area contributed by atoms with E-state index in [9.17, 15) is 0 Å². The number of fused-ring (bicyclic) bond motifs is 4. The molecule has 3 aliphatic rings. The zero-order chi connectivity index (χ0) is 11.9. The van der Waals surface area contributed by atoms with E-state index in [1.807, 2.05) is 11.3 Å². The van der Waals surface area contributed by atoms with E-state index in [1.165, 1.54) is 34.3 Å². The van der Waals surface area contributed by atoms with Crippen LogP contribution in [0, 0.1) is 5.92 Å². The Morgan fingerprint density at radius 1 is 1.39 bits per heavy atom. The van der Waals surface area contributed by atoms with Crippen LogP contribution in [0.3, 0.4) is 0 Å². The molecule has 5 heteroatoms. The zero-order valence-corrected chi connectivity index (χ0v) is 12.2. The average Bonchev–Trinajstić information content (AvgIpc) is 2.79. The fraction of sp³-hybridized carbons (Fsp3) is 0.385. The molecule has 0 spiro atoms. The van der Waals surface area contributed by atoms with Crippen molar-refractivity contribution < 1.29 is 0 Å². The average molecular weight is 290 g/mol. The van der Waals surface area contributed by atoms with Crippen LogP contribution in [0.2, 0.25) is 0 Å². The van der Waals surface area contributed by atoms with Crippen molar-refractivity contribution in [3.63, 3.8) is 0 Å². The molecule has 3 heterocycles. The summed E-state index contributed by atoms with van der Waals surface area (Å²) < 4.78 is 9.53. The number of thioether (sulfide) groups is 1. The van der Waals surface area contributed by atoms with Gasteiger partial charge >= 0.3 is 0 Å². The molecule has 3 unspecified atom stereocenters. The first-order chi connectivity index (χ1) is 8.79. The molecule has 0 radical (unpaired) electrons. The molecular formula is C13H10N2S3. The van der Waals surface area contributed by atoms with Crippen molar-refractivity contribution in [3.8, 4) is 11.3 Å². The molecule has 2 nitrogen and oxygen atoms in total. The van der Waals surface area contributed by atoms with Gasteiger partial charge in [0.05, 0.1) is 22.2 Å². The van der Waals surface area contributed by atoms with E-state index >= 15 is 0 Å². The number of allylic oxidation sites excluding steroid dienone is 2. The van der Waals surface area contributed by atoms with Crippen LogP contribution in [0.15, 0.2) is 22.4 Å². The zero-order valence-electron chi connectivity index (χ0n) is 9.71. The number of hydrogen-bond acceptors (Lipinski definition) is 5. The van der Waals surface area contributed by atoms with Crippen molar-refractivity contribution >= 4 is 34.8 Å². The molecule has 90 valence electrons. The van der Waals surface area contributed by atoms with Crippen LogP contribution in [0.4, 0.5) is 0 Å². The van der Waals surface area contributed by atoms with Crippen molar-refractivity contribution in [2.45, 2.75) is 24.0 Å². The Morgan fingerprint density at radius 2 is 2.33 bits per heavy atom. The second-order valence-corrected chi connectivity index (χ2v) is 8.29. The van der Waals surface area contributed by atoms with Gasteiger partial charge in [0, 0.05) is 16.4 Å². The Labute approximate surface area is 117 Å². The third-order valence-electron chi connectivity index (χ3n) is 4.29. The third-order valence-corrected chi connectivity index (χ3v) is 7.55. The standard InChI is InChI=1S/C13H10N2S3/c1-6-4-8-9-5-13(9,17-6)12-7(2-3-16-12)10-11(8)15-18-14-10/h2-4,8-9H,5H2,1H3. The highest BCUT2D eigenvalue weighted by Gasteiger charge is 2.64. The molecule has 0 saturated heterocycles. The lowest BCUT2D eigenvalue weighted by Crippen LogP contribution is -2.11. The minimum Gasteiger partial charge on any atom is -0.177 e. The first kappa shape index (κ1) is 10.2. The van der Waals surface area contributed by atoms with Gasteiger partial charge in [0.15, 0.2) is 0 Å². The third kappa shape index (κ3) is 1.03. The fourth-order valence-corrected chi connectivity index (χ4v) is 6.99. The fourth-order valence-electron chi connectivity index (χ4n) is 3.49. The molecule has 1 saturated carbocycles. The molecule has 2 aromatic rings. The van der Waals surface area contributed by atoms with E-state index in [0.29, 0.717) is 10.7 Å². The molecule has 2 bridgehead atoms. The SMILES string of the molecule is CC1=CC2c3nsnc3-c3ccsc3C3(CC23)S1. The van der Waals surface area contributed by atoms with Crippen molar-refractivity contribution in [2.75, 3.05) is 0 Å². The molecular weight excluding hydrogens is 280 g/mol. The second-order valence-electron chi connectivity index (χ2n) is 5.27. The predicted molar refractivity (Wildman–Crippen MR) is 77.1 cm³/mol. The van der Waals surface area contributed by atoms with Gasteiger partial charge in [0.2, 0.25) is 0 Å². The highest BCUT2D eigenvalue weighted by atomic mass is 32.2.